The Bertz CT molecular complexity index is 2360. The van der Waals surface area contributed by atoms with Crippen LogP contribution in [0.1, 0.15) is 49.9 Å². The van der Waals surface area contributed by atoms with Crippen molar-refractivity contribution in [1.29, 1.82) is 0 Å². The maximum Gasteiger partial charge on any atom is 0.0474 e. The molecule has 0 saturated heterocycles. The van der Waals surface area contributed by atoms with Gasteiger partial charge in [0.05, 0.1) is 0 Å². The quantitative estimate of drug-likeness (QED) is 0.193. The van der Waals surface area contributed by atoms with Gasteiger partial charge >= 0.3 is 0 Å². The molecule has 0 fully saturated rings. The number of fused-ring (bicyclic) bond motifs is 7. The Balaban J connectivity index is 1.33. The highest BCUT2D eigenvalue weighted by Crippen LogP contribution is 2.55. The molecule has 0 bridgehead atoms. The third kappa shape index (κ3) is 4.09. The van der Waals surface area contributed by atoms with Gasteiger partial charge in [-0.15, -0.1) is 0 Å². The van der Waals surface area contributed by atoms with Gasteiger partial charge in [-0.25, -0.2) is 0 Å². The summed E-state index contributed by atoms with van der Waals surface area (Å²) in [6.07, 6.45) is 0. The summed E-state index contributed by atoms with van der Waals surface area (Å²) in [5, 5.41) is 2.48. The third-order valence-electron chi connectivity index (χ3n) is 10.8. The zero-order chi connectivity index (χ0) is 31.9. The van der Waals surface area contributed by atoms with Crippen molar-refractivity contribution in [3.8, 4) is 33.4 Å². The molecule has 0 saturated carbocycles. The van der Waals surface area contributed by atoms with Crippen molar-refractivity contribution >= 4 is 27.8 Å². The van der Waals surface area contributed by atoms with Crippen molar-refractivity contribution in [3.05, 3.63) is 174 Å². The predicted molar refractivity (Wildman–Crippen MR) is 199 cm³/mol. The molecule has 0 atom stereocenters. The molecule has 47 heavy (non-hydrogen) atoms. The van der Waals surface area contributed by atoms with Crippen LogP contribution < -0.4 is 4.90 Å². The fourth-order valence-electron chi connectivity index (χ4n) is 8.48. The normalized spacial score (nSPS) is 14.7. The van der Waals surface area contributed by atoms with E-state index >= 15 is 0 Å². The second-order valence-corrected chi connectivity index (χ2v) is 14.2. The lowest BCUT2D eigenvalue weighted by Gasteiger charge is -2.30. The summed E-state index contributed by atoms with van der Waals surface area (Å²) < 4.78 is 0. The highest BCUT2D eigenvalue weighted by molar-refractivity contribution is 5.95. The van der Waals surface area contributed by atoms with Gasteiger partial charge in [-0.3, -0.25) is 0 Å². The maximum atomic E-state index is 2.48. The fraction of sp³-hybridized carbons (Fsp3) is 0.130. The molecule has 0 spiro atoms. The van der Waals surface area contributed by atoms with Crippen LogP contribution in [0.2, 0.25) is 0 Å². The molecule has 2 aliphatic carbocycles. The zero-order valence-electron chi connectivity index (χ0n) is 27.4. The lowest BCUT2D eigenvalue weighted by Crippen LogP contribution is -2.18. The minimum absolute atomic E-state index is 0.0902. The van der Waals surface area contributed by atoms with Crippen LogP contribution in [-0.2, 0) is 10.8 Å². The lowest BCUT2D eigenvalue weighted by molar-refractivity contribution is 0.660. The molecule has 0 radical (unpaired) electrons. The molecule has 0 N–H and O–H groups in total. The largest absolute Gasteiger partial charge is 0.310 e. The molecule has 7 aromatic carbocycles. The SMILES string of the molecule is CC1(C)c2ccccc2-c2ccc(N(c3cc(-c4ccccc4)c4c(c3)-c3ccccc3C4(C)C)c3ccc4ccccc4c3)cc21. The van der Waals surface area contributed by atoms with Crippen molar-refractivity contribution in [2.75, 3.05) is 4.90 Å². The molecule has 0 aromatic heterocycles. The summed E-state index contributed by atoms with van der Waals surface area (Å²) in [6, 6.07) is 56.3. The smallest absolute Gasteiger partial charge is 0.0474 e. The average Bonchev–Trinajstić information content (AvgIpc) is 3.48. The van der Waals surface area contributed by atoms with E-state index in [1.807, 2.05) is 0 Å². The highest BCUT2D eigenvalue weighted by atomic mass is 15.1. The first-order chi connectivity index (χ1) is 22.8. The van der Waals surface area contributed by atoms with Gasteiger partial charge in [0, 0.05) is 27.9 Å². The molecule has 0 amide bonds. The van der Waals surface area contributed by atoms with Crippen molar-refractivity contribution in [3.63, 3.8) is 0 Å². The van der Waals surface area contributed by atoms with E-state index in [2.05, 4.69) is 184 Å². The monoisotopic (exact) mass is 603 g/mol. The number of hydrogen-bond donors (Lipinski definition) is 0. The zero-order valence-corrected chi connectivity index (χ0v) is 27.4. The van der Waals surface area contributed by atoms with Gasteiger partial charge < -0.3 is 4.90 Å². The Morgan fingerprint density at radius 1 is 0.362 bits per heavy atom. The van der Waals surface area contributed by atoms with E-state index in [9.17, 15) is 0 Å². The van der Waals surface area contributed by atoms with Crippen LogP contribution >= 0.6 is 0 Å². The summed E-state index contributed by atoms with van der Waals surface area (Å²) in [4.78, 5) is 2.48. The third-order valence-corrected chi connectivity index (χ3v) is 10.8. The summed E-state index contributed by atoms with van der Waals surface area (Å²) in [6.45, 7) is 9.49. The van der Waals surface area contributed by atoms with Gasteiger partial charge in [-0.1, -0.05) is 143 Å². The fourth-order valence-corrected chi connectivity index (χ4v) is 8.48. The molecule has 7 aromatic rings. The first-order valence-electron chi connectivity index (χ1n) is 16.7. The Morgan fingerprint density at radius 3 is 1.68 bits per heavy atom. The van der Waals surface area contributed by atoms with Crippen LogP contribution in [0.4, 0.5) is 17.1 Å². The van der Waals surface area contributed by atoms with E-state index in [0.717, 1.165) is 5.69 Å². The second kappa shape index (κ2) is 10.0. The first kappa shape index (κ1) is 27.9. The van der Waals surface area contributed by atoms with Crippen molar-refractivity contribution in [2.24, 2.45) is 0 Å². The molecule has 2 aliphatic rings. The van der Waals surface area contributed by atoms with Gasteiger partial charge in [0.25, 0.3) is 0 Å². The Morgan fingerprint density at radius 2 is 0.915 bits per heavy atom. The van der Waals surface area contributed by atoms with E-state index < -0.39 is 0 Å². The Kier molecular flexibility index (Phi) is 5.96. The molecule has 9 rings (SSSR count). The Labute approximate surface area is 277 Å². The molecular formula is C46H37N. The van der Waals surface area contributed by atoms with Gasteiger partial charge in [0.2, 0.25) is 0 Å². The van der Waals surface area contributed by atoms with Crippen LogP contribution in [0.3, 0.4) is 0 Å². The standard InChI is InChI=1S/C46H37N/c1-45(2)41-20-12-10-18-36(41)38-25-24-34(29-43(38)45)47(33-23-22-30-14-8-9-17-32(30)26-33)35-27-39(31-15-6-5-7-16-31)44-40(28-35)37-19-11-13-21-42(37)46(44,3)4/h5-29H,1-4H3. The number of anilines is 3. The Hall–Kier alpha value is -5.40. The minimum Gasteiger partial charge on any atom is -0.310 e. The molecule has 226 valence electrons. The van der Waals surface area contributed by atoms with Crippen LogP contribution in [0.5, 0.6) is 0 Å². The van der Waals surface area contributed by atoms with Crippen molar-refractivity contribution < 1.29 is 0 Å². The van der Waals surface area contributed by atoms with Crippen molar-refractivity contribution in [2.45, 2.75) is 38.5 Å². The predicted octanol–water partition coefficient (Wildman–Crippen LogP) is 12.6. The van der Waals surface area contributed by atoms with Crippen LogP contribution in [-0.4, -0.2) is 0 Å². The summed E-state index contributed by atoms with van der Waals surface area (Å²) in [5.41, 5.74) is 16.7. The van der Waals surface area contributed by atoms with E-state index in [4.69, 9.17) is 0 Å². The number of hydrogen-bond acceptors (Lipinski definition) is 1. The van der Waals surface area contributed by atoms with E-state index in [1.165, 1.54) is 77.8 Å². The van der Waals surface area contributed by atoms with E-state index in [1.54, 1.807) is 0 Å². The average molecular weight is 604 g/mol. The van der Waals surface area contributed by atoms with Crippen molar-refractivity contribution in [1.82, 2.24) is 0 Å². The molecule has 0 aliphatic heterocycles. The summed E-state index contributed by atoms with van der Waals surface area (Å²) in [5.74, 6) is 0. The second-order valence-electron chi connectivity index (χ2n) is 14.2. The van der Waals surface area contributed by atoms with E-state index in [0.29, 0.717) is 0 Å². The molecule has 1 nitrogen and oxygen atoms in total. The topological polar surface area (TPSA) is 3.24 Å². The maximum absolute atomic E-state index is 2.48. The van der Waals surface area contributed by atoms with Crippen LogP contribution in [0, 0.1) is 0 Å². The van der Waals surface area contributed by atoms with Gasteiger partial charge in [-0.2, -0.15) is 0 Å². The first-order valence-corrected chi connectivity index (χ1v) is 16.7. The van der Waals surface area contributed by atoms with Crippen LogP contribution in [0.15, 0.2) is 152 Å². The lowest BCUT2D eigenvalue weighted by atomic mass is 9.78. The van der Waals surface area contributed by atoms with Gasteiger partial charge in [0.15, 0.2) is 0 Å². The number of benzene rings is 7. The van der Waals surface area contributed by atoms with Crippen LogP contribution in [0.25, 0.3) is 44.2 Å². The van der Waals surface area contributed by atoms with Gasteiger partial charge in [-0.05, 0) is 103 Å². The molecule has 1 heteroatoms. The summed E-state index contributed by atoms with van der Waals surface area (Å²) >= 11 is 0. The molecule has 0 heterocycles. The molecular weight excluding hydrogens is 567 g/mol. The van der Waals surface area contributed by atoms with E-state index in [-0.39, 0.29) is 10.8 Å². The number of rotatable bonds is 4. The highest BCUT2D eigenvalue weighted by Gasteiger charge is 2.39. The molecule has 0 unspecified atom stereocenters. The summed E-state index contributed by atoms with van der Waals surface area (Å²) in [7, 11) is 0. The minimum atomic E-state index is -0.118. The van der Waals surface area contributed by atoms with Gasteiger partial charge in [0.1, 0.15) is 0 Å². The number of nitrogens with zero attached hydrogens (tertiary/aromatic N) is 1.